The minimum Gasteiger partial charge on any atom is -0.461 e. The molecule has 0 amide bonds. The van der Waals surface area contributed by atoms with E-state index < -0.39 is 44.2 Å². The van der Waals surface area contributed by atoms with Crippen LogP contribution in [0.4, 0.5) is 0 Å². The second-order valence-electron chi connectivity index (χ2n) is 10.5. The van der Waals surface area contributed by atoms with Gasteiger partial charge >= 0.3 is 11.7 Å². The lowest BCUT2D eigenvalue weighted by molar-refractivity contribution is -0.0439. The Morgan fingerprint density at radius 2 is 1.88 bits per heavy atom. The van der Waals surface area contributed by atoms with Crippen LogP contribution in [0.15, 0.2) is 40.1 Å². The second kappa shape index (κ2) is 16.5. The number of H-pyrrole nitrogens is 1. The molecule has 1 aromatic carbocycles. The predicted molar refractivity (Wildman–Crippen MR) is 160 cm³/mol. The summed E-state index contributed by atoms with van der Waals surface area (Å²) in [6, 6.07) is 9.21. The molecule has 4 unspecified atom stereocenters. The van der Waals surface area contributed by atoms with Crippen LogP contribution < -0.4 is 11.2 Å². The van der Waals surface area contributed by atoms with Gasteiger partial charge in [0.2, 0.25) is 0 Å². The maximum absolute atomic E-state index is 12.7. The molecule has 12 nitrogen and oxygen atoms in total. The van der Waals surface area contributed by atoms with Gasteiger partial charge in [0.15, 0.2) is 0 Å². The Kier molecular flexibility index (Phi) is 13.1. The smallest absolute Gasteiger partial charge is 0.338 e. The van der Waals surface area contributed by atoms with Crippen LogP contribution in [0.2, 0.25) is 0 Å². The normalized spacial score (nSPS) is 18.8. The largest absolute Gasteiger partial charge is 0.461 e. The van der Waals surface area contributed by atoms with Crippen LogP contribution in [0, 0.1) is 30.1 Å². The second-order valence-corrected chi connectivity index (χ2v) is 11.9. The molecular formula is C30H39N4O8P. The van der Waals surface area contributed by atoms with Crippen molar-refractivity contribution in [1.29, 1.82) is 5.26 Å². The highest BCUT2D eigenvalue weighted by Crippen LogP contribution is 2.49. The number of benzene rings is 1. The van der Waals surface area contributed by atoms with Crippen molar-refractivity contribution < 1.29 is 28.4 Å². The number of aliphatic hydroxyl groups is 1. The summed E-state index contributed by atoms with van der Waals surface area (Å²) in [5, 5.41) is 19.0. The minimum atomic E-state index is -1.61. The molecule has 0 radical (unpaired) electrons. The van der Waals surface area contributed by atoms with Gasteiger partial charge in [0, 0.05) is 31.1 Å². The first-order valence-electron chi connectivity index (χ1n) is 14.1. The monoisotopic (exact) mass is 614 g/mol. The Bertz CT molecular complexity index is 1430. The van der Waals surface area contributed by atoms with Gasteiger partial charge < -0.3 is 23.6 Å². The van der Waals surface area contributed by atoms with Crippen LogP contribution in [0.1, 0.15) is 74.7 Å². The highest BCUT2D eigenvalue weighted by Gasteiger charge is 2.41. The van der Waals surface area contributed by atoms with E-state index in [4.69, 9.17) is 23.8 Å². The van der Waals surface area contributed by atoms with Gasteiger partial charge in [-0.3, -0.25) is 14.3 Å². The molecule has 2 aromatic rings. The Labute approximate surface area is 252 Å². The fraction of sp³-hybridized carbons (Fsp3) is 0.533. The van der Waals surface area contributed by atoms with E-state index in [0.29, 0.717) is 5.56 Å². The molecule has 1 saturated heterocycles. The highest BCUT2D eigenvalue weighted by atomic mass is 31.2. The van der Waals surface area contributed by atoms with Crippen molar-refractivity contribution in [2.24, 2.45) is 0 Å². The number of ether oxygens (including phenoxy) is 2. The summed E-state index contributed by atoms with van der Waals surface area (Å²) in [6.45, 7) is 9.83. The summed E-state index contributed by atoms with van der Waals surface area (Å²) in [7, 11) is -1.61. The van der Waals surface area contributed by atoms with E-state index in [2.05, 4.69) is 27.6 Å². The highest BCUT2D eigenvalue weighted by molar-refractivity contribution is 7.44. The van der Waals surface area contributed by atoms with Crippen LogP contribution in [0.5, 0.6) is 0 Å². The third kappa shape index (κ3) is 9.57. The summed E-state index contributed by atoms with van der Waals surface area (Å²) in [5.41, 5.74) is 0.148. The standard InChI is InChI=1S/C30H39N4O8P/c1-20(2)34(21(3)4)43(40-16-8-14-31)42-25-17-27(41-26(25)19-35)33-18-24(28(36)32-30(33)38)9-6-7-15-39-29(37)23-12-10-22(5)11-13-23/h10-13,18,20-21,25-27,35H,7-8,15-17,19H2,1-5H3,(H,32,36,38). The van der Waals surface area contributed by atoms with Crippen LogP contribution in [-0.4, -0.2) is 69.4 Å². The molecule has 0 aliphatic carbocycles. The van der Waals surface area contributed by atoms with E-state index in [1.54, 1.807) is 12.1 Å². The fourth-order valence-corrected chi connectivity index (χ4v) is 6.23. The molecule has 1 aromatic heterocycles. The molecule has 0 bridgehead atoms. The molecular weight excluding hydrogens is 575 g/mol. The third-order valence-electron chi connectivity index (χ3n) is 6.50. The average molecular weight is 615 g/mol. The van der Waals surface area contributed by atoms with E-state index in [1.807, 2.05) is 46.8 Å². The van der Waals surface area contributed by atoms with Crippen LogP contribution in [0.25, 0.3) is 0 Å². The van der Waals surface area contributed by atoms with Gasteiger partial charge in [-0.2, -0.15) is 5.26 Å². The van der Waals surface area contributed by atoms with Gasteiger partial charge in [-0.25, -0.2) is 14.3 Å². The van der Waals surface area contributed by atoms with E-state index in [-0.39, 0.29) is 56.7 Å². The number of aromatic nitrogens is 2. The lowest BCUT2D eigenvalue weighted by Crippen LogP contribution is -2.36. The molecule has 1 aliphatic heterocycles. The SMILES string of the molecule is Cc1ccc(C(=O)OCCC#Cc2cn(C3CC(OP(OCCC#N)N(C(C)C)C(C)C)C(CO)O3)c(=O)[nH]c2=O)cc1. The number of aliphatic hydroxyl groups excluding tert-OH is 1. The Balaban J connectivity index is 1.71. The lowest BCUT2D eigenvalue weighted by Gasteiger charge is -2.37. The number of hydrogen-bond acceptors (Lipinski definition) is 10. The first kappa shape index (κ1) is 34.1. The first-order valence-corrected chi connectivity index (χ1v) is 15.3. The number of nitrogens with zero attached hydrogens (tertiary/aromatic N) is 3. The van der Waals surface area contributed by atoms with E-state index in [9.17, 15) is 19.5 Å². The molecule has 1 fully saturated rings. The van der Waals surface area contributed by atoms with Gasteiger partial charge in [0.1, 0.15) is 24.5 Å². The van der Waals surface area contributed by atoms with Crippen molar-refractivity contribution in [1.82, 2.24) is 14.2 Å². The molecule has 13 heteroatoms. The quantitative estimate of drug-likeness (QED) is 0.148. The summed E-state index contributed by atoms with van der Waals surface area (Å²) in [4.78, 5) is 39.6. The zero-order valence-corrected chi connectivity index (χ0v) is 26.0. The van der Waals surface area contributed by atoms with Crippen molar-refractivity contribution in [3.8, 4) is 17.9 Å². The number of carbonyl (C=O) groups is 1. The molecule has 43 heavy (non-hydrogen) atoms. The summed E-state index contributed by atoms with van der Waals surface area (Å²) >= 11 is 0. The fourth-order valence-electron chi connectivity index (χ4n) is 4.47. The van der Waals surface area contributed by atoms with Crippen LogP contribution >= 0.6 is 8.53 Å². The topological polar surface area (TPSA) is 156 Å². The Morgan fingerprint density at radius 1 is 1.19 bits per heavy atom. The molecule has 2 N–H and O–H groups in total. The maximum Gasteiger partial charge on any atom is 0.338 e. The summed E-state index contributed by atoms with van der Waals surface area (Å²) in [6.07, 6.45) is -0.336. The van der Waals surface area contributed by atoms with Gasteiger partial charge in [0.05, 0.1) is 37.4 Å². The molecule has 2 heterocycles. The van der Waals surface area contributed by atoms with Crippen molar-refractivity contribution >= 4 is 14.5 Å². The van der Waals surface area contributed by atoms with Crippen LogP contribution in [-0.2, 0) is 18.5 Å². The van der Waals surface area contributed by atoms with Gasteiger partial charge in [-0.05, 0) is 46.8 Å². The summed E-state index contributed by atoms with van der Waals surface area (Å²) < 4.78 is 26.8. The number of carbonyl (C=O) groups excluding carboxylic acids is 1. The first-order chi connectivity index (χ1) is 20.5. The number of nitriles is 1. The zero-order valence-electron chi connectivity index (χ0n) is 25.1. The molecule has 232 valence electrons. The molecule has 1 aliphatic rings. The maximum atomic E-state index is 12.7. The van der Waals surface area contributed by atoms with Crippen molar-refractivity contribution in [3.63, 3.8) is 0 Å². The van der Waals surface area contributed by atoms with Crippen LogP contribution in [0.3, 0.4) is 0 Å². The van der Waals surface area contributed by atoms with Gasteiger partial charge in [0.25, 0.3) is 14.1 Å². The number of hydrogen-bond donors (Lipinski definition) is 2. The van der Waals surface area contributed by atoms with E-state index >= 15 is 0 Å². The average Bonchev–Trinajstić information content (AvgIpc) is 3.36. The zero-order chi connectivity index (χ0) is 31.5. The number of aryl methyl sites for hydroxylation is 1. The predicted octanol–water partition coefficient (Wildman–Crippen LogP) is 3.38. The number of aromatic amines is 1. The van der Waals surface area contributed by atoms with E-state index in [1.165, 1.54) is 10.8 Å². The van der Waals surface area contributed by atoms with Crippen molar-refractivity contribution in [2.45, 2.75) is 84.4 Å². The van der Waals surface area contributed by atoms with Crippen molar-refractivity contribution in [2.75, 3.05) is 19.8 Å². The van der Waals surface area contributed by atoms with E-state index in [0.717, 1.165) is 5.56 Å². The third-order valence-corrected chi connectivity index (χ3v) is 8.65. The lowest BCUT2D eigenvalue weighted by atomic mass is 10.1. The Hall–Kier alpha value is -3.35. The number of nitrogens with one attached hydrogen (secondary N) is 1. The van der Waals surface area contributed by atoms with Gasteiger partial charge in [-0.15, -0.1) is 0 Å². The minimum absolute atomic E-state index is 0.0311. The number of esters is 1. The molecule has 0 spiro atoms. The Morgan fingerprint density at radius 3 is 2.51 bits per heavy atom. The summed E-state index contributed by atoms with van der Waals surface area (Å²) in [5.74, 6) is 5.06. The van der Waals surface area contributed by atoms with Gasteiger partial charge in [-0.1, -0.05) is 29.5 Å². The molecule has 3 rings (SSSR count). The van der Waals surface area contributed by atoms with Crippen molar-refractivity contribution in [3.05, 3.63) is 68.0 Å². The number of rotatable bonds is 13. The molecule has 0 saturated carbocycles. The molecule has 4 atom stereocenters.